The van der Waals surface area contributed by atoms with E-state index in [-0.39, 0.29) is 11.4 Å². The van der Waals surface area contributed by atoms with Gasteiger partial charge in [-0.25, -0.2) is 13.1 Å². The van der Waals surface area contributed by atoms with Crippen LogP contribution in [0.15, 0.2) is 27.6 Å². The van der Waals surface area contributed by atoms with Crippen LogP contribution in [0.1, 0.15) is 22.6 Å². The first-order valence-electron chi connectivity index (χ1n) is 6.08. The molecule has 0 aliphatic rings. The van der Waals surface area contributed by atoms with Crippen molar-refractivity contribution in [2.75, 3.05) is 5.73 Å². The van der Waals surface area contributed by atoms with Crippen molar-refractivity contribution in [3.05, 3.63) is 40.8 Å². The molecular weight excluding hydrogens is 278 g/mol. The summed E-state index contributed by atoms with van der Waals surface area (Å²) in [5.41, 5.74) is 8.14. The lowest BCUT2D eigenvalue weighted by atomic mass is 10.1. The number of rotatable bonds is 4. The Morgan fingerprint density at radius 3 is 2.55 bits per heavy atom. The first-order valence-corrected chi connectivity index (χ1v) is 7.56. The van der Waals surface area contributed by atoms with Gasteiger partial charge in [0.1, 0.15) is 5.76 Å². The van der Waals surface area contributed by atoms with Crippen molar-refractivity contribution in [1.29, 1.82) is 0 Å². The molecule has 0 unspecified atom stereocenters. The molecule has 3 N–H and O–H groups in total. The molecule has 2 aromatic rings. The van der Waals surface area contributed by atoms with E-state index < -0.39 is 10.0 Å². The predicted molar refractivity (Wildman–Crippen MR) is 75.6 cm³/mol. The lowest BCUT2D eigenvalue weighted by Gasteiger charge is -2.11. The maximum Gasteiger partial charge on any atom is 0.241 e. The van der Waals surface area contributed by atoms with E-state index in [1.165, 1.54) is 0 Å². The smallest absolute Gasteiger partial charge is 0.241 e. The number of hydrogen-bond donors (Lipinski definition) is 2. The van der Waals surface area contributed by atoms with E-state index in [4.69, 9.17) is 10.3 Å². The second-order valence-corrected chi connectivity index (χ2v) is 6.47. The van der Waals surface area contributed by atoms with Gasteiger partial charge in [0, 0.05) is 11.8 Å². The Kier molecular flexibility index (Phi) is 3.82. The second kappa shape index (κ2) is 5.26. The standard InChI is InChI=1S/C13H17N3O3S/c1-8-4-12(14)10(3)13(5-8)20(17,18)15-7-11-6-9(2)19-16-11/h4-6,15H,7,14H2,1-3H3. The largest absolute Gasteiger partial charge is 0.398 e. The highest BCUT2D eigenvalue weighted by Gasteiger charge is 2.19. The molecule has 1 heterocycles. The Bertz CT molecular complexity index is 735. The quantitative estimate of drug-likeness (QED) is 0.836. The molecule has 1 aromatic heterocycles. The van der Waals surface area contributed by atoms with Crippen molar-refractivity contribution in [3.63, 3.8) is 0 Å². The molecule has 0 spiro atoms. The highest BCUT2D eigenvalue weighted by atomic mass is 32.2. The molecule has 0 bridgehead atoms. The molecule has 0 saturated carbocycles. The fourth-order valence-electron chi connectivity index (χ4n) is 1.88. The van der Waals surface area contributed by atoms with Crippen LogP contribution in [0.4, 0.5) is 5.69 Å². The van der Waals surface area contributed by atoms with E-state index in [0.29, 0.717) is 22.7 Å². The molecule has 0 saturated heterocycles. The summed E-state index contributed by atoms with van der Waals surface area (Å²) in [4.78, 5) is 0.190. The summed E-state index contributed by atoms with van der Waals surface area (Å²) in [6.07, 6.45) is 0. The van der Waals surface area contributed by atoms with Crippen molar-refractivity contribution in [2.24, 2.45) is 0 Å². The summed E-state index contributed by atoms with van der Waals surface area (Å²) in [7, 11) is -3.64. The molecule has 7 heteroatoms. The van der Waals surface area contributed by atoms with E-state index >= 15 is 0 Å². The fraction of sp³-hybridized carbons (Fsp3) is 0.308. The van der Waals surface area contributed by atoms with Gasteiger partial charge in [-0.05, 0) is 44.0 Å². The molecule has 6 nitrogen and oxygen atoms in total. The van der Waals surface area contributed by atoms with Gasteiger partial charge in [0.2, 0.25) is 10.0 Å². The van der Waals surface area contributed by atoms with E-state index in [0.717, 1.165) is 5.56 Å². The molecule has 0 aliphatic heterocycles. The van der Waals surface area contributed by atoms with Crippen LogP contribution in [0.25, 0.3) is 0 Å². The summed E-state index contributed by atoms with van der Waals surface area (Å²) in [6, 6.07) is 5.03. The van der Waals surface area contributed by atoms with Gasteiger partial charge in [-0.2, -0.15) is 0 Å². The van der Waals surface area contributed by atoms with Crippen LogP contribution in [0.5, 0.6) is 0 Å². The number of aromatic nitrogens is 1. The number of sulfonamides is 1. The van der Waals surface area contributed by atoms with Crippen molar-refractivity contribution >= 4 is 15.7 Å². The van der Waals surface area contributed by atoms with Gasteiger partial charge in [-0.3, -0.25) is 0 Å². The van der Waals surface area contributed by atoms with E-state index in [1.54, 1.807) is 39.0 Å². The minimum absolute atomic E-state index is 0.0763. The SMILES string of the molecule is Cc1cc(N)c(C)c(S(=O)(=O)NCc2cc(C)on2)c1. The number of benzene rings is 1. The normalized spacial score (nSPS) is 11.8. The van der Waals surface area contributed by atoms with E-state index in [9.17, 15) is 8.42 Å². The van der Waals surface area contributed by atoms with Gasteiger partial charge in [-0.1, -0.05) is 5.16 Å². The third-order valence-corrected chi connectivity index (χ3v) is 4.48. The van der Waals surface area contributed by atoms with Crippen LogP contribution in [-0.2, 0) is 16.6 Å². The summed E-state index contributed by atoms with van der Waals surface area (Å²) in [6.45, 7) is 5.31. The molecule has 1 aromatic carbocycles. The number of nitrogen functional groups attached to an aromatic ring is 1. The van der Waals surface area contributed by atoms with Crippen LogP contribution in [0, 0.1) is 20.8 Å². The van der Waals surface area contributed by atoms with Gasteiger partial charge < -0.3 is 10.3 Å². The number of aryl methyl sites for hydroxylation is 2. The van der Waals surface area contributed by atoms with Crippen LogP contribution >= 0.6 is 0 Å². The monoisotopic (exact) mass is 295 g/mol. The lowest BCUT2D eigenvalue weighted by Crippen LogP contribution is -2.24. The highest BCUT2D eigenvalue weighted by molar-refractivity contribution is 7.89. The number of hydrogen-bond acceptors (Lipinski definition) is 5. The molecule has 0 atom stereocenters. The molecule has 0 radical (unpaired) electrons. The van der Waals surface area contributed by atoms with Crippen molar-refractivity contribution < 1.29 is 12.9 Å². The van der Waals surface area contributed by atoms with Gasteiger partial charge in [0.25, 0.3) is 0 Å². The van der Waals surface area contributed by atoms with Crippen LogP contribution < -0.4 is 10.5 Å². The van der Waals surface area contributed by atoms with E-state index in [1.807, 2.05) is 0 Å². The Labute approximate surface area is 118 Å². The zero-order valence-electron chi connectivity index (χ0n) is 11.6. The molecule has 0 fully saturated rings. The minimum atomic E-state index is -3.64. The molecule has 108 valence electrons. The second-order valence-electron chi connectivity index (χ2n) is 4.73. The maximum absolute atomic E-state index is 12.3. The highest BCUT2D eigenvalue weighted by Crippen LogP contribution is 2.23. The summed E-state index contributed by atoms with van der Waals surface area (Å²) in [5, 5.41) is 3.74. The van der Waals surface area contributed by atoms with Crippen molar-refractivity contribution in [1.82, 2.24) is 9.88 Å². The fourth-order valence-corrected chi connectivity index (χ4v) is 3.23. The first kappa shape index (κ1) is 14.5. The average molecular weight is 295 g/mol. The van der Waals surface area contributed by atoms with E-state index in [2.05, 4.69) is 9.88 Å². The number of nitrogens with two attached hydrogens (primary N) is 1. The van der Waals surface area contributed by atoms with Crippen molar-refractivity contribution in [3.8, 4) is 0 Å². The number of nitrogens with zero attached hydrogens (tertiary/aromatic N) is 1. The zero-order chi connectivity index (χ0) is 14.9. The molecule has 20 heavy (non-hydrogen) atoms. The minimum Gasteiger partial charge on any atom is -0.398 e. The van der Waals surface area contributed by atoms with Gasteiger partial charge in [0.15, 0.2) is 0 Å². The first-order chi connectivity index (χ1) is 9.29. The Balaban J connectivity index is 2.27. The molecular formula is C13H17N3O3S. The molecule has 0 aliphatic carbocycles. The summed E-state index contributed by atoms with van der Waals surface area (Å²) >= 11 is 0. The predicted octanol–water partition coefficient (Wildman–Crippen LogP) is 1.66. The molecule has 2 rings (SSSR count). The lowest BCUT2D eigenvalue weighted by molar-refractivity contribution is 0.390. The topological polar surface area (TPSA) is 98.2 Å². The third-order valence-electron chi connectivity index (χ3n) is 2.95. The van der Waals surface area contributed by atoms with Crippen LogP contribution in [0.3, 0.4) is 0 Å². The molecule has 0 amide bonds. The number of anilines is 1. The number of nitrogens with one attached hydrogen (secondary N) is 1. The van der Waals surface area contributed by atoms with Crippen molar-refractivity contribution in [2.45, 2.75) is 32.2 Å². The van der Waals surface area contributed by atoms with Crippen LogP contribution in [0.2, 0.25) is 0 Å². The average Bonchev–Trinajstić information content (AvgIpc) is 2.77. The third kappa shape index (κ3) is 3.00. The summed E-state index contributed by atoms with van der Waals surface area (Å²) < 4.78 is 32.0. The Hall–Kier alpha value is -1.86. The van der Waals surface area contributed by atoms with Gasteiger partial charge in [0.05, 0.1) is 17.1 Å². The maximum atomic E-state index is 12.3. The van der Waals surface area contributed by atoms with Crippen LogP contribution in [-0.4, -0.2) is 13.6 Å². The van der Waals surface area contributed by atoms with Gasteiger partial charge >= 0.3 is 0 Å². The van der Waals surface area contributed by atoms with Gasteiger partial charge in [-0.15, -0.1) is 0 Å². The Morgan fingerprint density at radius 2 is 1.95 bits per heavy atom. The Morgan fingerprint density at radius 1 is 1.25 bits per heavy atom. The summed E-state index contributed by atoms with van der Waals surface area (Å²) in [5.74, 6) is 0.634. The zero-order valence-corrected chi connectivity index (χ0v) is 12.4.